The van der Waals surface area contributed by atoms with Gasteiger partial charge in [-0.3, -0.25) is 0 Å². The molecule has 5 nitrogen and oxygen atoms in total. The van der Waals surface area contributed by atoms with Crippen molar-refractivity contribution < 1.29 is 9.90 Å². The van der Waals surface area contributed by atoms with Gasteiger partial charge in [0.05, 0.1) is 0 Å². The molecule has 0 saturated carbocycles. The Morgan fingerprint density at radius 1 is 1.40 bits per heavy atom. The number of fused-ring (bicyclic) bond motifs is 3. The number of aromatic nitrogens is 3. The number of H-pyrrole nitrogens is 1. The number of aromatic amines is 1. The number of carboxylic acid groups (broad SMARTS) is 1. The van der Waals surface area contributed by atoms with Gasteiger partial charge in [0.2, 0.25) is 0 Å². The summed E-state index contributed by atoms with van der Waals surface area (Å²) >= 11 is 0.0251. The van der Waals surface area contributed by atoms with Crippen molar-refractivity contribution in [1.29, 1.82) is 0 Å². The topological polar surface area (TPSA) is 78.9 Å². The number of aromatic carboxylic acids is 1. The summed E-state index contributed by atoms with van der Waals surface area (Å²) in [6.07, 6.45) is 1.57. The number of hydrogen-bond acceptors (Lipinski definition) is 3. The van der Waals surface area contributed by atoms with Gasteiger partial charge in [-0.1, -0.05) is 0 Å². The molecular formula is C9H5N3O2Se. The van der Waals surface area contributed by atoms with E-state index in [1.54, 1.807) is 12.3 Å². The van der Waals surface area contributed by atoms with E-state index in [-0.39, 0.29) is 20.7 Å². The zero-order valence-corrected chi connectivity index (χ0v) is 9.10. The van der Waals surface area contributed by atoms with Gasteiger partial charge in [-0.15, -0.1) is 0 Å². The van der Waals surface area contributed by atoms with Crippen LogP contribution in [0.5, 0.6) is 0 Å². The Labute approximate surface area is 90.0 Å². The zero-order valence-electron chi connectivity index (χ0n) is 7.39. The van der Waals surface area contributed by atoms with Crippen LogP contribution < -0.4 is 0 Å². The first-order valence-corrected chi connectivity index (χ1v) is 5.84. The average Bonchev–Trinajstić information content (AvgIpc) is 2.82. The molecule has 3 rings (SSSR count). The number of carbonyl (C=O) groups is 1. The van der Waals surface area contributed by atoms with Crippen LogP contribution in [0.15, 0.2) is 18.3 Å². The van der Waals surface area contributed by atoms with Crippen LogP contribution in [0, 0.1) is 0 Å². The second kappa shape index (κ2) is 2.92. The standard InChI is InChI=1S/C9H5N3O2Se/c13-9(14)8-4-1-2-6-7(12-15-11-6)5(4)3-10-8/h1-3,11H,(H,13,14). The number of nitrogens with one attached hydrogen (secondary N) is 1. The molecule has 15 heavy (non-hydrogen) atoms. The summed E-state index contributed by atoms with van der Waals surface area (Å²) < 4.78 is 7.47. The van der Waals surface area contributed by atoms with Crippen molar-refractivity contribution in [2.75, 3.05) is 0 Å². The van der Waals surface area contributed by atoms with Crippen molar-refractivity contribution in [3.05, 3.63) is 24.0 Å². The normalized spacial score (nSPS) is 11.2. The predicted molar refractivity (Wildman–Crippen MR) is 55.3 cm³/mol. The fourth-order valence-corrected chi connectivity index (χ4v) is 2.86. The van der Waals surface area contributed by atoms with Crippen molar-refractivity contribution in [3.63, 3.8) is 0 Å². The van der Waals surface area contributed by atoms with Gasteiger partial charge in [-0.2, -0.15) is 0 Å². The van der Waals surface area contributed by atoms with Gasteiger partial charge in [-0.05, 0) is 0 Å². The maximum atomic E-state index is 10.9. The molecule has 0 unspecified atom stereocenters. The summed E-state index contributed by atoms with van der Waals surface area (Å²) in [5, 5.41) is 10.4. The van der Waals surface area contributed by atoms with E-state index < -0.39 is 5.97 Å². The molecule has 0 radical (unpaired) electrons. The summed E-state index contributed by atoms with van der Waals surface area (Å²) in [6.45, 7) is 0. The Kier molecular flexibility index (Phi) is 1.68. The molecule has 0 aliphatic rings. The Morgan fingerprint density at radius 3 is 3.07 bits per heavy atom. The molecule has 0 aliphatic heterocycles. The summed E-state index contributed by atoms with van der Waals surface area (Å²) in [5.74, 6) is -0.999. The molecular weight excluding hydrogens is 261 g/mol. The average molecular weight is 266 g/mol. The van der Waals surface area contributed by atoms with Gasteiger partial charge in [0.1, 0.15) is 0 Å². The molecule has 0 fully saturated rings. The maximum absolute atomic E-state index is 10.9. The van der Waals surface area contributed by atoms with Crippen LogP contribution in [0.1, 0.15) is 10.5 Å². The van der Waals surface area contributed by atoms with E-state index in [4.69, 9.17) is 5.11 Å². The van der Waals surface area contributed by atoms with Crippen LogP contribution in [-0.4, -0.2) is 39.0 Å². The van der Waals surface area contributed by atoms with E-state index in [0.717, 1.165) is 16.4 Å². The van der Waals surface area contributed by atoms with Gasteiger partial charge in [0, 0.05) is 0 Å². The number of rotatable bonds is 1. The minimum atomic E-state index is -0.999. The molecule has 74 valence electrons. The van der Waals surface area contributed by atoms with Gasteiger partial charge < -0.3 is 0 Å². The van der Waals surface area contributed by atoms with Gasteiger partial charge >= 0.3 is 89.6 Å². The van der Waals surface area contributed by atoms with Crippen molar-refractivity contribution in [2.45, 2.75) is 0 Å². The molecule has 0 saturated heterocycles. The van der Waals surface area contributed by atoms with E-state index in [2.05, 4.69) is 12.9 Å². The van der Waals surface area contributed by atoms with Gasteiger partial charge in [-0.25, -0.2) is 0 Å². The molecule has 2 aromatic heterocycles. The number of benzene rings is 1. The number of carboxylic acids is 1. The van der Waals surface area contributed by atoms with Crippen molar-refractivity contribution in [1.82, 2.24) is 12.9 Å². The van der Waals surface area contributed by atoms with Gasteiger partial charge in [0.25, 0.3) is 0 Å². The molecule has 6 heteroatoms. The fraction of sp³-hybridized carbons (Fsp3) is 0. The minimum absolute atomic E-state index is 0.0251. The zero-order chi connectivity index (χ0) is 10.4. The third-order valence-corrected chi connectivity index (χ3v) is 3.52. The quantitative estimate of drug-likeness (QED) is 0.640. The van der Waals surface area contributed by atoms with Crippen LogP contribution in [-0.2, 0) is 0 Å². The SMILES string of the molecule is O=C(O)c1ncc2c1ccc1[nH][se]nc12. The summed E-state index contributed by atoms with van der Waals surface area (Å²) in [4.78, 5) is 14.8. The molecule has 0 spiro atoms. The van der Waals surface area contributed by atoms with E-state index in [1.807, 2.05) is 6.07 Å². The summed E-state index contributed by atoms with van der Waals surface area (Å²) in [5.41, 5.74) is 1.90. The number of nitrogens with zero attached hydrogens (tertiary/aromatic N) is 2. The number of hydrogen-bond donors (Lipinski definition) is 2. The summed E-state index contributed by atoms with van der Waals surface area (Å²) in [7, 11) is 0. The molecule has 3 aromatic rings. The molecule has 2 heterocycles. The van der Waals surface area contributed by atoms with Crippen molar-refractivity contribution in [3.8, 4) is 0 Å². The van der Waals surface area contributed by atoms with Crippen LogP contribution in [0.4, 0.5) is 0 Å². The summed E-state index contributed by atoms with van der Waals surface area (Å²) in [6, 6.07) is 3.62. The van der Waals surface area contributed by atoms with Crippen molar-refractivity contribution in [2.24, 2.45) is 0 Å². The van der Waals surface area contributed by atoms with Crippen molar-refractivity contribution >= 4 is 42.7 Å². The Hall–Kier alpha value is -1.65. The first-order chi connectivity index (χ1) is 7.27. The van der Waals surface area contributed by atoms with E-state index in [0.29, 0.717) is 5.39 Å². The molecule has 0 amide bonds. The Bertz CT molecular complexity index is 670. The second-order valence-corrected chi connectivity index (χ2v) is 4.31. The predicted octanol–water partition coefficient (Wildman–Crippen LogP) is 0.866. The van der Waals surface area contributed by atoms with Crippen LogP contribution in [0.3, 0.4) is 0 Å². The molecule has 0 aliphatic carbocycles. The molecule has 1 aromatic carbocycles. The fourth-order valence-electron chi connectivity index (χ4n) is 1.61. The van der Waals surface area contributed by atoms with E-state index >= 15 is 0 Å². The first kappa shape index (κ1) is 8.64. The first-order valence-electron chi connectivity index (χ1n) is 4.22. The monoisotopic (exact) mass is 267 g/mol. The third kappa shape index (κ3) is 1.12. The van der Waals surface area contributed by atoms with E-state index in [1.165, 1.54) is 0 Å². The van der Waals surface area contributed by atoms with Crippen LogP contribution >= 0.6 is 0 Å². The molecule has 0 atom stereocenters. The van der Waals surface area contributed by atoms with E-state index in [9.17, 15) is 4.79 Å². The van der Waals surface area contributed by atoms with Crippen LogP contribution in [0.25, 0.3) is 21.8 Å². The van der Waals surface area contributed by atoms with Gasteiger partial charge in [0.15, 0.2) is 0 Å². The molecule has 0 bridgehead atoms. The van der Waals surface area contributed by atoms with Crippen LogP contribution in [0.2, 0.25) is 0 Å². The Morgan fingerprint density at radius 2 is 2.27 bits per heavy atom. The second-order valence-electron chi connectivity index (χ2n) is 3.12. The molecule has 2 N–H and O–H groups in total. The third-order valence-electron chi connectivity index (χ3n) is 2.29. The Balaban J connectivity index is 2.51.